The van der Waals surface area contributed by atoms with Crippen LogP contribution in [0, 0.1) is 0 Å². The molecule has 9 nitrogen and oxygen atoms in total. The van der Waals surface area contributed by atoms with E-state index in [1.54, 1.807) is 24.3 Å². The molecule has 2 N–H and O–H groups in total. The summed E-state index contributed by atoms with van der Waals surface area (Å²) in [6.45, 7) is 0.281. The summed E-state index contributed by atoms with van der Waals surface area (Å²) in [5, 5.41) is 11.7. The summed E-state index contributed by atoms with van der Waals surface area (Å²) in [6.07, 6.45) is 0.719. The van der Waals surface area contributed by atoms with Crippen LogP contribution in [0.3, 0.4) is 0 Å². The lowest BCUT2D eigenvalue weighted by Crippen LogP contribution is -2.53. The van der Waals surface area contributed by atoms with Crippen molar-refractivity contribution < 1.29 is 29.0 Å². The SMILES string of the molecule is O=C(O)C[C@H](NC(=O)OCc1ccccc1)C(=O)N1CCCC1C(=O)C1=Nc2ccccc2CC1. The Bertz CT molecular complexity index is 1150. The predicted octanol–water partition coefficient (Wildman–Crippen LogP) is 3.04. The molecule has 35 heavy (non-hydrogen) atoms. The van der Waals surface area contributed by atoms with Gasteiger partial charge in [-0.2, -0.15) is 0 Å². The average molecular weight is 478 g/mol. The first-order valence-electron chi connectivity index (χ1n) is 11.6. The van der Waals surface area contributed by atoms with Gasteiger partial charge in [0, 0.05) is 6.54 Å². The van der Waals surface area contributed by atoms with Gasteiger partial charge in [-0.25, -0.2) is 9.79 Å². The van der Waals surface area contributed by atoms with Gasteiger partial charge >= 0.3 is 12.1 Å². The third-order valence-electron chi connectivity index (χ3n) is 6.18. The van der Waals surface area contributed by atoms with Gasteiger partial charge in [0.2, 0.25) is 5.91 Å². The molecule has 0 spiro atoms. The summed E-state index contributed by atoms with van der Waals surface area (Å²) in [6, 6.07) is 14.5. The fourth-order valence-corrected chi connectivity index (χ4v) is 4.44. The summed E-state index contributed by atoms with van der Waals surface area (Å²) in [7, 11) is 0. The van der Waals surface area contributed by atoms with Crippen LogP contribution in [0.4, 0.5) is 10.5 Å². The largest absolute Gasteiger partial charge is 0.481 e. The van der Waals surface area contributed by atoms with Crippen molar-refractivity contribution in [3.05, 3.63) is 65.7 Å². The fourth-order valence-electron chi connectivity index (χ4n) is 4.44. The normalized spacial score (nSPS) is 17.7. The van der Waals surface area contributed by atoms with E-state index in [-0.39, 0.29) is 12.4 Å². The second kappa shape index (κ2) is 10.9. The van der Waals surface area contributed by atoms with Gasteiger partial charge in [-0.15, -0.1) is 0 Å². The molecule has 2 atom stereocenters. The number of carbonyl (C=O) groups excluding carboxylic acids is 3. The Balaban J connectivity index is 1.44. The highest BCUT2D eigenvalue weighted by molar-refractivity contribution is 6.42. The molecule has 182 valence electrons. The number of aliphatic carboxylic acids is 1. The van der Waals surface area contributed by atoms with E-state index >= 15 is 0 Å². The van der Waals surface area contributed by atoms with Crippen molar-refractivity contribution in [1.82, 2.24) is 10.2 Å². The zero-order chi connectivity index (χ0) is 24.8. The molecule has 0 bridgehead atoms. The summed E-state index contributed by atoms with van der Waals surface area (Å²) in [4.78, 5) is 56.2. The second-order valence-corrected chi connectivity index (χ2v) is 8.60. The van der Waals surface area contributed by atoms with Gasteiger partial charge in [-0.1, -0.05) is 48.5 Å². The molecule has 2 aromatic carbocycles. The van der Waals surface area contributed by atoms with Crippen molar-refractivity contribution >= 4 is 35.2 Å². The number of para-hydroxylation sites is 1. The highest BCUT2D eigenvalue weighted by Crippen LogP contribution is 2.28. The van der Waals surface area contributed by atoms with Crippen LogP contribution in [0.2, 0.25) is 0 Å². The average Bonchev–Trinajstić information content (AvgIpc) is 3.36. The third kappa shape index (κ3) is 5.92. The predicted molar refractivity (Wildman–Crippen MR) is 127 cm³/mol. The lowest BCUT2D eigenvalue weighted by molar-refractivity contribution is -0.143. The quantitative estimate of drug-likeness (QED) is 0.602. The topological polar surface area (TPSA) is 125 Å². The number of carbonyl (C=O) groups is 4. The van der Waals surface area contributed by atoms with Crippen LogP contribution in [0.5, 0.6) is 0 Å². The van der Waals surface area contributed by atoms with Crippen LogP contribution in [0.15, 0.2) is 59.6 Å². The molecular weight excluding hydrogens is 450 g/mol. The number of rotatable bonds is 8. The molecule has 2 heterocycles. The Morgan fingerprint density at radius 1 is 1.06 bits per heavy atom. The zero-order valence-electron chi connectivity index (χ0n) is 19.2. The van der Waals surface area contributed by atoms with Crippen LogP contribution in [-0.2, 0) is 32.1 Å². The number of likely N-dealkylation sites (tertiary alicyclic amines) is 1. The number of carboxylic acids is 1. The summed E-state index contributed by atoms with van der Waals surface area (Å²) < 4.78 is 5.16. The molecular formula is C26H27N3O6. The maximum atomic E-state index is 13.3. The van der Waals surface area contributed by atoms with Gasteiger partial charge in [0.25, 0.3) is 0 Å². The Labute approximate surface area is 202 Å². The Morgan fingerprint density at radius 2 is 1.80 bits per heavy atom. The van der Waals surface area contributed by atoms with E-state index in [9.17, 15) is 24.3 Å². The molecule has 2 aliphatic heterocycles. The van der Waals surface area contributed by atoms with Crippen molar-refractivity contribution in [3.8, 4) is 0 Å². The third-order valence-corrected chi connectivity index (χ3v) is 6.18. The maximum absolute atomic E-state index is 13.3. The van der Waals surface area contributed by atoms with Crippen molar-refractivity contribution in [3.63, 3.8) is 0 Å². The number of ether oxygens (including phenoxy) is 1. The minimum atomic E-state index is -1.35. The van der Waals surface area contributed by atoms with Crippen molar-refractivity contribution in [2.24, 2.45) is 4.99 Å². The van der Waals surface area contributed by atoms with E-state index in [2.05, 4.69) is 10.3 Å². The van der Waals surface area contributed by atoms with Gasteiger partial charge in [0.05, 0.1) is 23.9 Å². The van der Waals surface area contributed by atoms with Crippen molar-refractivity contribution in [1.29, 1.82) is 0 Å². The van der Waals surface area contributed by atoms with E-state index in [1.165, 1.54) is 4.90 Å². The lowest BCUT2D eigenvalue weighted by atomic mass is 9.95. The van der Waals surface area contributed by atoms with E-state index in [0.717, 1.165) is 16.8 Å². The number of nitrogens with zero attached hydrogens (tertiary/aromatic N) is 2. The molecule has 1 saturated heterocycles. The number of hydrogen-bond acceptors (Lipinski definition) is 6. The first kappa shape index (κ1) is 24.1. The Hall–Kier alpha value is -4.01. The number of amides is 2. The van der Waals surface area contributed by atoms with Gasteiger partial charge in [0.1, 0.15) is 12.6 Å². The van der Waals surface area contributed by atoms with E-state index in [4.69, 9.17) is 4.74 Å². The molecule has 1 unspecified atom stereocenters. The maximum Gasteiger partial charge on any atom is 0.408 e. The molecule has 4 rings (SSSR count). The molecule has 0 radical (unpaired) electrons. The molecule has 0 aromatic heterocycles. The highest BCUT2D eigenvalue weighted by Gasteiger charge is 2.40. The second-order valence-electron chi connectivity index (χ2n) is 8.60. The number of Topliss-reactive ketones (excluding diaryl/α,β-unsaturated/α-hetero) is 1. The number of fused-ring (bicyclic) bond motifs is 1. The van der Waals surface area contributed by atoms with Crippen LogP contribution >= 0.6 is 0 Å². The van der Waals surface area contributed by atoms with Gasteiger partial charge in [0.15, 0.2) is 5.78 Å². The minimum absolute atomic E-state index is 0.0211. The Morgan fingerprint density at radius 3 is 2.57 bits per heavy atom. The number of carboxylic acid groups (broad SMARTS) is 1. The molecule has 2 aromatic rings. The zero-order valence-corrected chi connectivity index (χ0v) is 19.2. The summed E-state index contributed by atoms with van der Waals surface area (Å²) in [5.41, 5.74) is 3.00. The van der Waals surface area contributed by atoms with Gasteiger partial charge in [-0.05, 0) is 42.9 Å². The molecule has 2 aliphatic rings. The van der Waals surface area contributed by atoms with Gasteiger partial charge in [-0.3, -0.25) is 14.4 Å². The number of benzene rings is 2. The number of hydrogen-bond donors (Lipinski definition) is 2. The van der Waals surface area contributed by atoms with Crippen LogP contribution in [-0.4, -0.2) is 58.1 Å². The first-order valence-corrected chi connectivity index (χ1v) is 11.6. The molecule has 2 amide bonds. The minimum Gasteiger partial charge on any atom is -0.481 e. The first-order chi connectivity index (χ1) is 16.9. The van der Waals surface area contributed by atoms with E-state index in [0.29, 0.717) is 37.9 Å². The lowest BCUT2D eigenvalue weighted by Gasteiger charge is -2.28. The van der Waals surface area contributed by atoms with Crippen molar-refractivity contribution in [2.45, 2.75) is 50.8 Å². The number of nitrogens with one attached hydrogen (secondary N) is 1. The molecule has 0 saturated carbocycles. The van der Waals surface area contributed by atoms with E-state index < -0.39 is 36.5 Å². The molecule has 1 fully saturated rings. The number of aryl methyl sites for hydroxylation is 1. The van der Waals surface area contributed by atoms with Crippen LogP contribution in [0.25, 0.3) is 0 Å². The summed E-state index contributed by atoms with van der Waals surface area (Å²) in [5.74, 6) is -2.09. The van der Waals surface area contributed by atoms with Gasteiger partial charge < -0.3 is 20.1 Å². The monoisotopic (exact) mass is 477 g/mol. The van der Waals surface area contributed by atoms with E-state index in [1.807, 2.05) is 30.3 Å². The summed E-state index contributed by atoms with van der Waals surface area (Å²) >= 11 is 0. The van der Waals surface area contributed by atoms with Crippen LogP contribution in [0.1, 0.15) is 36.8 Å². The standard InChI is InChI=1S/C26H27N3O6/c30-23(31)15-21(28-26(34)35-16-17-7-2-1-3-8-17)25(33)29-14-6-11-22(29)24(32)20-13-12-18-9-4-5-10-19(18)27-20/h1-5,7-10,21-22H,6,11-16H2,(H,28,34)(H,30,31)/t21-,22?/m0/s1. The van der Waals surface area contributed by atoms with Crippen LogP contribution < -0.4 is 5.32 Å². The molecule has 9 heteroatoms. The highest BCUT2D eigenvalue weighted by atomic mass is 16.5. The fraction of sp³-hybridized carbons (Fsp3) is 0.346. The number of ketones is 1. The molecule has 0 aliphatic carbocycles. The Kier molecular flexibility index (Phi) is 7.54. The smallest absolute Gasteiger partial charge is 0.408 e. The number of aliphatic imine (C=N–C) groups is 1. The van der Waals surface area contributed by atoms with Crippen molar-refractivity contribution in [2.75, 3.05) is 6.54 Å². The number of alkyl carbamates (subject to hydrolysis) is 1.